The van der Waals surface area contributed by atoms with Crippen LogP contribution in [0.4, 0.5) is 0 Å². The third-order valence-electron chi connectivity index (χ3n) is 3.69. The standard InChI is InChI=1S/C15H22N2OS.ClH/c1-11-3-4-13(19-2)9-14(11)15(18)17-8-6-12-5-7-16-10-12;/h3-4,9,12,16H,5-8,10H2,1-2H3,(H,17,18);1H. The Hall–Kier alpha value is -0.710. The van der Waals surface area contributed by atoms with Crippen LogP contribution in [0.15, 0.2) is 23.1 Å². The van der Waals surface area contributed by atoms with Gasteiger partial charge < -0.3 is 10.6 Å². The number of aryl methyl sites for hydroxylation is 1. The number of benzene rings is 1. The van der Waals surface area contributed by atoms with Gasteiger partial charge in [-0.3, -0.25) is 4.79 Å². The molecular weight excluding hydrogens is 292 g/mol. The number of rotatable bonds is 5. The summed E-state index contributed by atoms with van der Waals surface area (Å²) < 4.78 is 0. The summed E-state index contributed by atoms with van der Waals surface area (Å²) in [4.78, 5) is 13.3. The molecule has 1 amide bonds. The molecule has 0 saturated carbocycles. The van der Waals surface area contributed by atoms with Gasteiger partial charge in [0, 0.05) is 17.0 Å². The molecule has 0 radical (unpaired) electrons. The van der Waals surface area contributed by atoms with Crippen LogP contribution in [0.1, 0.15) is 28.8 Å². The molecule has 0 spiro atoms. The first-order valence-corrected chi connectivity index (χ1v) is 8.06. The number of halogens is 1. The van der Waals surface area contributed by atoms with Gasteiger partial charge in [-0.1, -0.05) is 6.07 Å². The van der Waals surface area contributed by atoms with E-state index in [1.54, 1.807) is 11.8 Å². The summed E-state index contributed by atoms with van der Waals surface area (Å²) in [5.41, 5.74) is 1.84. The number of carbonyl (C=O) groups excluding carboxylic acids is 1. The van der Waals surface area contributed by atoms with Crippen LogP contribution in [-0.4, -0.2) is 31.8 Å². The normalized spacial score (nSPS) is 17.6. The second kappa shape index (κ2) is 8.55. The lowest BCUT2D eigenvalue weighted by molar-refractivity contribution is 0.0951. The van der Waals surface area contributed by atoms with Gasteiger partial charge in [0.25, 0.3) is 5.91 Å². The predicted molar refractivity (Wildman–Crippen MR) is 88.1 cm³/mol. The highest BCUT2D eigenvalue weighted by molar-refractivity contribution is 7.98. The van der Waals surface area contributed by atoms with Crippen molar-refractivity contribution in [3.8, 4) is 0 Å². The van der Waals surface area contributed by atoms with Crippen molar-refractivity contribution in [3.05, 3.63) is 29.3 Å². The maximum atomic E-state index is 12.2. The van der Waals surface area contributed by atoms with E-state index in [0.29, 0.717) is 0 Å². The smallest absolute Gasteiger partial charge is 0.251 e. The fourth-order valence-electron chi connectivity index (χ4n) is 2.42. The fraction of sp³-hybridized carbons (Fsp3) is 0.533. The maximum Gasteiger partial charge on any atom is 0.251 e. The zero-order valence-corrected chi connectivity index (χ0v) is 13.7. The van der Waals surface area contributed by atoms with Gasteiger partial charge >= 0.3 is 0 Å². The van der Waals surface area contributed by atoms with Crippen molar-refractivity contribution >= 4 is 30.1 Å². The first-order chi connectivity index (χ1) is 9.20. The van der Waals surface area contributed by atoms with Gasteiger partial charge in [-0.25, -0.2) is 0 Å². The molecule has 2 rings (SSSR count). The van der Waals surface area contributed by atoms with Crippen LogP contribution in [0, 0.1) is 12.8 Å². The predicted octanol–water partition coefficient (Wildman–Crippen LogP) is 2.87. The third kappa shape index (κ3) is 4.69. The Kier molecular flexibility index (Phi) is 7.41. The quantitative estimate of drug-likeness (QED) is 0.821. The number of hydrogen-bond donors (Lipinski definition) is 2. The topological polar surface area (TPSA) is 41.1 Å². The Morgan fingerprint density at radius 1 is 1.50 bits per heavy atom. The number of carbonyl (C=O) groups is 1. The van der Waals surface area contributed by atoms with E-state index in [-0.39, 0.29) is 18.3 Å². The van der Waals surface area contributed by atoms with Crippen molar-refractivity contribution in [1.29, 1.82) is 0 Å². The number of thioether (sulfide) groups is 1. The van der Waals surface area contributed by atoms with Gasteiger partial charge in [-0.2, -0.15) is 0 Å². The molecule has 5 heteroatoms. The first kappa shape index (κ1) is 17.3. The van der Waals surface area contributed by atoms with Crippen LogP contribution in [0.2, 0.25) is 0 Å². The zero-order valence-electron chi connectivity index (χ0n) is 12.1. The molecule has 1 heterocycles. The van der Waals surface area contributed by atoms with E-state index < -0.39 is 0 Å². The van der Waals surface area contributed by atoms with E-state index in [1.807, 2.05) is 25.3 Å². The van der Waals surface area contributed by atoms with Gasteiger partial charge in [0.15, 0.2) is 0 Å². The molecule has 0 bridgehead atoms. The molecule has 1 aliphatic heterocycles. The molecule has 1 aromatic carbocycles. The van der Waals surface area contributed by atoms with Gasteiger partial charge in [-0.15, -0.1) is 24.2 Å². The summed E-state index contributed by atoms with van der Waals surface area (Å²) in [5, 5.41) is 6.39. The summed E-state index contributed by atoms with van der Waals surface area (Å²) in [6.07, 6.45) is 4.33. The van der Waals surface area contributed by atoms with E-state index in [9.17, 15) is 4.79 Å². The van der Waals surface area contributed by atoms with E-state index in [2.05, 4.69) is 16.7 Å². The van der Waals surface area contributed by atoms with Crippen molar-refractivity contribution in [2.24, 2.45) is 5.92 Å². The fourth-order valence-corrected chi connectivity index (χ4v) is 2.86. The first-order valence-electron chi connectivity index (χ1n) is 6.84. The summed E-state index contributed by atoms with van der Waals surface area (Å²) in [7, 11) is 0. The Morgan fingerprint density at radius 2 is 2.30 bits per heavy atom. The molecule has 1 atom stereocenters. The number of hydrogen-bond acceptors (Lipinski definition) is 3. The summed E-state index contributed by atoms with van der Waals surface area (Å²) in [5.74, 6) is 0.776. The SMILES string of the molecule is CSc1ccc(C)c(C(=O)NCCC2CCNC2)c1.Cl. The van der Waals surface area contributed by atoms with Gasteiger partial charge in [-0.05, 0) is 62.7 Å². The van der Waals surface area contributed by atoms with Crippen molar-refractivity contribution < 1.29 is 4.79 Å². The Balaban J connectivity index is 0.00000200. The zero-order chi connectivity index (χ0) is 13.7. The lowest BCUT2D eigenvalue weighted by Gasteiger charge is -2.11. The number of nitrogens with one attached hydrogen (secondary N) is 2. The molecule has 0 aromatic heterocycles. The van der Waals surface area contributed by atoms with E-state index in [0.717, 1.165) is 48.0 Å². The molecule has 1 aliphatic rings. The molecule has 1 aromatic rings. The van der Waals surface area contributed by atoms with Crippen LogP contribution in [-0.2, 0) is 0 Å². The van der Waals surface area contributed by atoms with Crippen LogP contribution >= 0.6 is 24.2 Å². The van der Waals surface area contributed by atoms with Crippen molar-refractivity contribution in [2.45, 2.75) is 24.7 Å². The van der Waals surface area contributed by atoms with Gasteiger partial charge in [0.1, 0.15) is 0 Å². The molecule has 112 valence electrons. The highest BCUT2D eigenvalue weighted by atomic mass is 35.5. The maximum absolute atomic E-state index is 12.2. The van der Waals surface area contributed by atoms with Crippen molar-refractivity contribution in [3.63, 3.8) is 0 Å². The van der Waals surface area contributed by atoms with Crippen molar-refractivity contribution in [2.75, 3.05) is 25.9 Å². The minimum atomic E-state index is 0. The molecule has 1 saturated heterocycles. The molecule has 2 N–H and O–H groups in total. The van der Waals surface area contributed by atoms with Crippen LogP contribution in [0.25, 0.3) is 0 Å². The monoisotopic (exact) mass is 314 g/mol. The number of amides is 1. The summed E-state index contributed by atoms with van der Waals surface area (Å²) in [6.45, 7) is 4.97. The molecule has 0 aliphatic carbocycles. The third-order valence-corrected chi connectivity index (χ3v) is 4.42. The van der Waals surface area contributed by atoms with Gasteiger partial charge in [0.05, 0.1) is 0 Å². The molecule has 3 nitrogen and oxygen atoms in total. The van der Waals surface area contributed by atoms with Crippen LogP contribution < -0.4 is 10.6 Å². The molecular formula is C15H23ClN2OS. The molecule has 1 unspecified atom stereocenters. The van der Waals surface area contributed by atoms with E-state index >= 15 is 0 Å². The second-order valence-electron chi connectivity index (χ2n) is 5.08. The van der Waals surface area contributed by atoms with Crippen LogP contribution in [0.5, 0.6) is 0 Å². The van der Waals surface area contributed by atoms with Crippen molar-refractivity contribution in [1.82, 2.24) is 10.6 Å². The van der Waals surface area contributed by atoms with E-state index in [4.69, 9.17) is 0 Å². The minimum absolute atomic E-state index is 0. The van der Waals surface area contributed by atoms with Crippen LogP contribution in [0.3, 0.4) is 0 Å². The van der Waals surface area contributed by atoms with E-state index in [1.165, 1.54) is 6.42 Å². The highest BCUT2D eigenvalue weighted by Crippen LogP contribution is 2.19. The summed E-state index contributed by atoms with van der Waals surface area (Å²) in [6, 6.07) is 6.05. The lowest BCUT2D eigenvalue weighted by atomic mass is 10.0. The average molecular weight is 315 g/mol. The Morgan fingerprint density at radius 3 is 2.95 bits per heavy atom. The lowest BCUT2D eigenvalue weighted by Crippen LogP contribution is -2.27. The highest BCUT2D eigenvalue weighted by Gasteiger charge is 2.15. The summed E-state index contributed by atoms with van der Waals surface area (Å²) >= 11 is 1.67. The van der Waals surface area contributed by atoms with Gasteiger partial charge in [0.2, 0.25) is 0 Å². The Bertz CT molecular complexity index is 447. The average Bonchev–Trinajstić information content (AvgIpc) is 2.92. The molecule has 1 fully saturated rings. The largest absolute Gasteiger partial charge is 0.352 e. The molecule has 20 heavy (non-hydrogen) atoms. The Labute approximate surface area is 131 Å². The minimum Gasteiger partial charge on any atom is -0.352 e. The second-order valence-corrected chi connectivity index (χ2v) is 5.96.